The summed E-state index contributed by atoms with van der Waals surface area (Å²) in [7, 11) is 3.32. The summed E-state index contributed by atoms with van der Waals surface area (Å²) >= 11 is 0. The summed E-state index contributed by atoms with van der Waals surface area (Å²) in [5, 5.41) is 23.4. The smallest absolute Gasteiger partial charge is 0.226 e. The first-order valence-electron chi connectivity index (χ1n) is 15.1. The first-order chi connectivity index (χ1) is 21.8. The first kappa shape index (κ1) is 30.3. The Hall–Kier alpha value is -4.69. The van der Waals surface area contributed by atoms with Gasteiger partial charge in [0.2, 0.25) is 5.91 Å². The predicted molar refractivity (Wildman–Crippen MR) is 167 cm³/mol. The molecule has 0 spiro atoms. The molecule has 236 valence electrons. The number of H-pyrrole nitrogens is 1. The molecule has 4 atom stereocenters. The van der Waals surface area contributed by atoms with Gasteiger partial charge >= 0.3 is 0 Å². The van der Waals surface area contributed by atoms with Crippen molar-refractivity contribution in [3.05, 3.63) is 65.6 Å². The van der Waals surface area contributed by atoms with Crippen LogP contribution < -0.4 is 10.6 Å². The van der Waals surface area contributed by atoms with Gasteiger partial charge < -0.3 is 20.1 Å². The van der Waals surface area contributed by atoms with Gasteiger partial charge in [-0.25, -0.2) is 24.3 Å². The molecule has 5 aromatic rings. The van der Waals surface area contributed by atoms with Crippen molar-refractivity contribution in [3.8, 4) is 5.82 Å². The molecule has 1 aliphatic carbocycles. The molecule has 1 saturated carbocycles. The molecular weight excluding hydrogens is 574 g/mol. The number of methoxy groups -OCH3 is 2. The highest BCUT2D eigenvalue weighted by atomic mass is 16.5. The van der Waals surface area contributed by atoms with E-state index in [1.54, 1.807) is 37.5 Å². The monoisotopic (exact) mass is 613 g/mol. The third-order valence-electron chi connectivity index (χ3n) is 8.35. The van der Waals surface area contributed by atoms with E-state index in [0.717, 1.165) is 40.1 Å². The van der Waals surface area contributed by atoms with E-state index in [1.165, 1.54) is 0 Å². The number of aromatic nitrogens is 9. The van der Waals surface area contributed by atoms with Crippen LogP contribution in [0.25, 0.3) is 16.9 Å². The highest BCUT2D eigenvalue weighted by Gasteiger charge is 2.37. The Labute approximate surface area is 261 Å². The lowest BCUT2D eigenvalue weighted by atomic mass is 9.78. The fraction of sp³-hybridized carbons (Fsp3) is 0.452. The Morgan fingerprint density at radius 2 is 2.00 bits per heavy atom. The molecule has 0 aromatic carbocycles. The van der Waals surface area contributed by atoms with Gasteiger partial charge in [0.05, 0.1) is 49.0 Å². The largest absolute Gasteiger partial charge is 0.383 e. The maximum Gasteiger partial charge on any atom is 0.226 e. The van der Waals surface area contributed by atoms with Gasteiger partial charge in [-0.3, -0.25) is 9.89 Å². The van der Waals surface area contributed by atoms with Gasteiger partial charge in [0.25, 0.3) is 0 Å². The Morgan fingerprint density at radius 3 is 2.69 bits per heavy atom. The Kier molecular flexibility index (Phi) is 8.85. The van der Waals surface area contributed by atoms with Crippen molar-refractivity contribution >= 4 is 28.6 Å². The summed E-state index contributed by atoms with van der Waals surface area (Å²) in [5.41, 5.74) is 3.63. The second-order valence-electron chi connectivity index (χ2n) is 11.6. The second kappa shape index (κ2) is 13.1. The third-order valence-corrected chi connectivity index (χ3v) is 8.35. The molecule has 1 fully saturated rings. The Morgan fingerprint density at radius 1 is 1.13 bits per heavy atom. The van der Waals surface area contributed by atoms with E-state index in [4.69, 9.17) is 19.4 Å². The van der Waals surface area contributed by atoms with Gasteiger partial charge in [0.1, 0.15) is 11.6 Å². The fourth-order valence-electron chi connectivity index (χ4n) is 5.85. The number of carbonyl (C=O) groups excluding carboxylic acids is 1. The molecule has 14 heteroatoms. The lowest BCUT2D eigenvalue weighted by molar-refractivity contribution is -0.132. The highest BCUT2D eigenvalue weighted by molar-refractivity contribution is 5.88. The average molecular weight is 614 g/mol. The number of nitrogens with one attached hydrogen (secondary N) is 3. The van der Waals surface area contributed by atoms with Crippen LogP contribution >= 0.6 is 0 Å². The van der Waals surface area contributed by atoms with Gasteiger partial charge in [-0.2, -0.15) is 15.3 Å². The molecule has 5 heterocycles. The van der Waals surface area contributed by atoms with Crippen LogP contribution in [0.4, 0.5) is 11.6 Å². The minimum Gasteiger partial charge on any atom is -0.383 e. The molecule has 6 rings (SSSR count). The van der Waals surface area contributed by atoms with Gasteiger partial charge in [-0.1, -0.05) is 6.07 Å². The molecule has 1 amide bonds. The summed E-state index contributed by atoms with van der Waals surface area (Å²) in [6.07, 6.45) is 8.96. The van der Waals surface area contributed by atoms with Crippen molar-refractivity contribution in [3.63, 3.8) is 0 Å². The first-order valence-corrected chi connectivity index (χ1v) is 15.1. The predicted octanol–water partition coefficient (Wildman–Crippen LogP) is 3.91. The zero-order valence-electron chi connectivity index (χ0n) is 26.2. The van der Waals surface area contributed by atoms with E-state index in [1.807, 2.05) is 49.8 Å². The van der Waals surface area contributed by atoms with Crippen LogP contribution in [-0.4, -0.2) is 77.5 Å². The number of anilines is 2. The Bertz CT molecular complexity index is 1760. The van der Waals surface area contributed by atoms with Crippen LogP contribution in [0, 0.1) is 19.8 Å². The van der Waals surface area contributed by atoms with Crippen molar-refractivity contribution in [2.45, 2.75) is 64.6 Å². The van der Waals surface area contributed by atoms with Gasteiger partial charge in [0.15, 0.2) is 17.3 Å². The number of hydrogen-bond donors (Lipinski definition) is 3. The van der Waals surface area contributed by atoms with Crippen LogP contribution in [-0.2, 0) is 20.8 Å². The minimum absolute atomic E-state index is 0.00394. The number of carbonyl (C=O) groups is 1. The molecule has 0 radical (unpaired) electrons. The van der Waals surface area contributed by atoms with E-state index >= 15 is 0 Å². The number of ether oxygens (including phenoxy) is 2. The standard InChI is InChI=1S/C31H39N11O3/c1-18-14-33-42(17-18)27-9-7-22(15-32-27)20(3)35-31(43)23-8-6-21(13-25(23)45-5)28-37-29(36-26-12-19(2)39-40-26)24-16-34-41(10-11-44-4)30(24)38-28/h7,9,12,14-17,20-21,23,25H,6,8,10-11,13H2,1-5H3,(H,35,43)(H2,36,37,38,39,40)/t20-,21+,23-,25-/m0/s1. The number of nitrogens with zero attached hydrogens (tertiary/aromatic N) is 8. The summed E-state index contributed by atoms with van der Waals surface area (Å²) in [6, 6.07) is 5.57. The number of pyridine rings is 1. The third kappa shape index (κ3) is 6.56. The summed E-state index contributed by atoms with van der Waals surface area (Å²) < 4.78 is 14.8. The fourth-order valence-corrected chi connectivity index (χ4v) is 5.85. The van der Waals surface area contributed by atoms with Crippen LogP contribution in [0.15, 0.2) is 43.0 Å². The normalized spacial score (nSPS) is 19.1. The molecule has 0 aliphatic heterocycles. The van der Waals surface area contributed by atoms with Crippen molar-refractivity contribution < 1.29 is 14.3 Å². The maximum atomic E-state index is 13.5. The van der Waals surface area contributed by atoms with E-state index < -0.39 is 0 Å². The average Bonchev–Trinajstić information content (AvgIpc) is 3.79. The lowest BCUT2D eigenvalue weighted by Gasteiger charge is -2.34. The molecule has 14 nitrogen and oxygen atoms in total. The van der Waals surface area contributed by atoms with Gasteiger partial charge in [0, 0.05) is 44.3 Å². The molecule has 0 saturated heterocycles. The number of aryl methyl sites for hydroxylation is 2. The Balaban J connectivity index is 1.17. The van der Waals surface area contributed by atoms with Gasteiger partial charge in [-0.15, -0.1) is 0 Å². The van der Waals surface area contributed by atoms with Crippen molar-refractivity contribution in [1.82, 2.24) is 50.0 Å². The summed E-state index contributed by atoms with van der Waals surface area (Å²) in [4.78, 5) is 28.0. The van der Waals surface area contributed by atoms with Gasteiger partial charge in [-0.05, 0) is 57.2 Å². The minimum atomic E-state index is -0.298. The highest BCUT2D eigenvalue weighted by Crippen LogP contribution is 2.38. The number of hydrogen-bond acceptors (Lipinski definition) is 10. The van der Waals surface area contributed by atoms with Crippen molar-refractivity contribution in [1.29, 1.82) is 0 Å². The second-order valence-corrected chi connectivity index (χ2v) is 11.6. The number of rotatable bonds is 11. The molecule has 0 bridgehead atoms. The number of fused-ring (bicyclic) bond motifs is 1. The molecule has 3 N–H and O–H groups in total. The van der Waals surface area contributed by atoms with Crippen molar-refractivity contribution in [2.24, 2.45) is 5.92 Å². The van der Waals surface area contributed by atoms with E-state index in [0.29, 0.717) is 43.5 Å². The van der Waals surface area contributed by atoms with Crippen LogP contribution in [0.1, 0.15) is 60.8 Å². The van der Waals surface area contributed by atoms with Crippen molar-refractivity contribution in [2.75, 3.05) is 26.1 Å². The van der Waals surface area contributed by atoms with E-state index in [-0.39, 0.29) is 29.9 Å². The quantitative estimate of drug-likeness (QED) is 0.199. The molecule has 5 aromatic heterocycles. The number of aromatic amines is 1. The zero-order valence-corrected chi connectivity index (χ0v) is 26.2. The topological polar surface area (TPSA) is 163 Å². The summed E-state index contributed by atoms with van der Waals surface area (Å²) in [5.74, 6) is 2.37. The summed E-state index contributed by atoms with van der Waals surface area (Å²) in [6.45, 7) is 6.96. The number of amides is 1. The van der Waals surface area contributed by atoms with E-state index in [9.17, 15) is 4.79 Å². The molecule has 45 heavy (non-hydrogen) atoms. The van der Waals surface area contributed by atoms with Crippen LogP contribution in [0.3, 0.4) is 0 Å². The maximum absolute atomic E-state index is 13.5. The molecular formula is C31H39N11O3. The lowest BCUT2D eigenvalue weighted by Crippen LogP contribution is -2.42. The zero-order chi connectivity index (χ0) is 31.5. The van der Waals surface area contributed by atoms with Crippen LogP contribution in [0.2, 0.25) is 0 Å². The molecule has 0 unspecified atom stereocenters. The SMILES string of the molecule is COCCn1ncc2c(Nc3cc(C)[nH]n3)nc([C@@H]3CC[C@H](C(=O)N[C@@H](C)c4ccc(-n5cc(C)cn5)nc4)[C@@H](OC)C3)nc21. The van der Waals surface area contributed by atoms with Crippen LogP contribution in [0.5, 0.6) is 0 Å². The molecule has 1 aliphatic rings. The van der Waals surface area contributed by atoms with E-state index in [2.05, 4.69) is 36.0 Å².